The molecule has 0 radical (unpaired) electrons. The van der Waals surface area contributed by atoms with Gasteiger partial charge >= 0.3 is 0 Å². The van der Waals surface area contributed by atoms with Gasteiger partial charge in [-0.2, -0.15) is 5.26 Å². The topological polar surface area (TPSA) is 35.8 Å². The van der Waals surface area contributed by atoms with Gasteiger partial charge < -0.3 is 0 Å². The molecule has 3 atom stereocenters. The standard InChI is InChI=1S/C17H13ClF2N2/c18-12-2-1-3-13(20)16(12)10-4-6-11(7-5-10)17-14(8-19)22-15(17)9-21/h1-7,14-15,17,22H,8H2/t14-,15-,17+/m0/s1. The fraction of sp³-hybridized carbons (Fsp3) is 0.235. The Hall–Kier alpha value is -1.96. The minimum absolute atomic E-state index is 0.180. The number of hydrogen-bond donors (Lipinski definition) is 1. The number of nitriles is 1. The van der Waals surface area contributed by atoms with E-state index in [2.05, 4.69) is 11.4 Å². The number of halogens is 3. The normalized spacial score (nSPS) is 23.6. The van der Waals surface area contributed by atoms with Crippen molar-refractivity contribution in [1.82, 2.24) is 5.32 Å². The van der Waals surface area contributed by atoms with Crippen LogP contribution in [0, 0.1) is 17.1 Å². The summed E-state index contributed by atoms with van der Waals surface area (Å²) in [5.74, 6) is -0.567. The molecule has 0 saturated carbocycles. The fourth-order valence-electron chi connectivity index (χ4n) is 2.88. The van der Waals surface area contributed by atoms with Gasteiger partial charge in [-0.05, 0) is 23.3 Å². The number of alkyl halides is 1. The first kappa shape index (κ1) is 15.0. The molecule has 1 saturated heterocycles. The van der Waals surface area contributed by atoms with Crippen LogP contribution >= 0.6 is 11.6 Å². The number of benzene rings is 2. The number of rotatable bonds is 3. The van der Waals surface area contributed by atoms with E-state index in [1.807, 2.05) is 0 Å². The van der Waals surface area contributed by atoms with Gasteiger partial charge in [-0.3, -0.25) is 5.32 Å². The lowest BCUT2D eigenvalue weighted by atomic mass is 9.78. The molecule has 1 N–H and O–H groups in total. The van der Waals surface area contributed by atoms with Crippen molar-refractivity contribution in [3.8, 4) is 17.2 Å². The second-order valence-corrected chi connectivity index (χ2v) is 5.69. The average Bonchev–Trinajstić information content (AvgIpc) is 2.48. The van der Waals surface area contributed by atoms with Gasteiger partial charge in [0.1, 0.15) is 18.5 Å². The molecule has 0 bridgehead atoms. The van der Waals surface area contributed by atoms with Crippen molar-refractivity contribution in [2.75, 3.05) is 6.67 Å². The highest BCUT2D eigenvalue weighted by molar-refractivity contribution is 6.33. The lowest BCUT2D eigenvalue weighted by molar-refractivity contribution is 0.210. The summed E-state index contributed by atoms with van der Waals surface area (Å²) in [5.41, 5.74) is 1.87. The maximum atomic E-state index is 13.9. The quantitative estimate of drug-likeness (QED) is 0.926. The molecule has 2 aromatic carbocycles. The van der Waals surface area contributed by atoms with Crippen molar-refractivity contribution in [2.24, 2.45) is 0 Å². The van der Waals surface area contributed by atoms with Crippen molar-refractivity contribution < 1.29 is 8.78 Å². The zero-order valence-corrected chi connectivity index (χ0v) is 12.3. The van der Waals surface area contributed by atoms with E-state index in [4.69, 9.17) is 16.9 Å². The minimum atomic E-state index is -0.524. The minimum Gasteiger partial charge on any atom is -0.295 e. The lowest BCUT2D eigenvalue weighted by Gasteiger charge is -2.41. The van der Waals surface area contributed by atoms with Crippen LogP contribution in [0.15, 0.2) is 42.5 Å². The molecule has 1 heterocycles. The third-order valence-corrected chi connectivity index (χ3v) is 4.35. The Morgan fingerprint density at radius 3 is 2.50 bits per heavy atom. The highest BCUT2D eigenvalue weighted by atomic mass is 35.5. The molecule has 0 aliphatic carbocycles. The Morgan fingerprint density at radius 2 is 1.91 bits per heavy atom. The second kappa shape index (κ2) is 6.04. The van der Waals surface area contributed by atoms with E-state index in [0.29, 0.717) is 16.1 Å². The van der Waals surface area contributed by atoms with E-state index >= 15 is 0 Å². The van der Waals surface area contributed by atoms with Gasteiger partial charge in [0.25, 0.3) is 0 Å². The monoisotopic (exact) mass is 318 g/mol. The third kappa shape index (κ3) is 2.47. The smallest absolute Gasteiger partial charge is 0.132 e. The van der Waals surface area contributed by atoms with E-state index in [9.17, 15) is 8.78 Å². The van der Waals surface area contributed by atoms with Gasteiger partial charge in [-0.1, -0.05) is 41.9 Å². The van der Waals surface area contributed by atoms with Crippen LogP contribution < -0.4 is 5.32 Å². The number of hydrogen-bond acceptors (Lipinski definition) is 2. The van der Waals surface area contributed by atoms with Crippen molar-refractivity contribution in [3.05, 3.63) is 58.9 Å². The molecular formula is C17H13ClF2N2. The largest absolute Gasteiger partial charge is 0.295 e. The Balaban J connectivity index is 1.92. The second-order valence-electron chi connectivity index (χ2n) is 5.28. The van der Waals surface area contributed by atoms with Crippen molar-refractivity contribution in [3.63, 3.8) is 0 Å². The molecular weight excluding hydrogens is 306 g/mol. The highest BCUT2D eigenvalue weighted by Gasteiger charge is 2.41. The summed E-state index contributed by atoms with van der Waals surface area (Å²) in [7, 11) is 0. The summed E-state index contributed by atoms with van der Waals surface area (Å²) in [6, 6.07) is 13.0. The van der Waals surface area contributed by atoms with Gasteiger partial charge in [-0.15, -0.1) is 0 Å². The van der Waals surface area contributed by atoms with Crippen molar-refractivity contribution in [2.45, 2.75) is 18.0 Å². The molecule has 3 rings (SSSR count). The number of nitrogens with zero attached hydrogens (tertiary/aromatic N) is 1. The van der Waals surface area contributed by atoms with Crippen molar-refractivity contribution in [1.29, 1.82) is 5.26 Å². The van der Waals surface area contributed by atoms with Crippen molar-refractivity contribution >= 4 is 11.6 Å². The summed E-state index contributed by atoms with van der Waals surface area (Å²) in [5, 5.41) is 12.3. The Labute approximate surface area is 132 Å². The van der Waals surface area contributed by atoms with E-state index in [0.717, 1.165) is 5.56 Å². The summed E-state index contributed by atoms with van der Waals surface area (Å²) in [4.78, 5) is 0. The zero-order valence-electron chi connectivity index (χ0n) is 11.6. The third-order valence-electron chi connectivity index (χ3n) is 4.04. The van der Waals surface area contributed by atoms with Gasteiger partial charge in [-0.25, -0.2) is 8.78 Å². The Kier molecular flexibility index (Phi) is 4.10. The molecule has 0 aromatic heterocycles. The van der Waals surface area contributed by atoms with Crippen LogP contribution in [-0.2, 0) is 0 Å². The summed E-state index contributed by atoms with van der Waals surface area (Å²) < 4.78 is 26.8. The molecule has 112 valence electrons. The average molecular weight is 319 g/mol. The predicted octanol–water partition coefficient (Wildman–Crippen LogP) is 4.06. The Bertz CT molecular complexity index is 704. The molecule has 22 heavy (non-hydrogen) atoms. The van der Waals surface area contributed by atoms with Gasteiger partial charge in [0.15, 0.2) is 0 Å². The molecule has 0 amide bonds. The van der Waals surface area contributed by atoms with E-state index in [1.54, 1.807) is 36.4 Å². The molecule has 0 unspecified atom stereocenters. The molecule has 1 aliphatic rings. The van der Waals surface area contributed by atoms with Crippen LogP contribution in [0.4, 0.5) is 8.78 Å². The highest BCUT2D eigenvalue weighted by Crippen LogP contribution is 2.35. The van der Waals surface area contributed by atoms with Crippen LogP contribution in [-0.4, -0.2) is 18.8 Å². The molecule has 1 aliphatic heterocycles. The summed E-state index contributed by atoms with van der Waals surface area (Å²) in [6.45, 7) is -0.524. The Morgan fingerprint density at radius 1 is 1.18 bits per heavy atom. The maximum absolute atomic E-state index is 13.9. The van der Waals surface area contributed by atoms with Crippen LogP contribution in [0.25, 0.3) is 11.1 Å². The molecule has 2 nitrogen and oxygen atoms in total. The molecule has 2 aromatic rings. The van der Waals surface area contributed by atoms with Gasteiger partial charge in [0, 0.05) is 17.5 Å². The number of nitrogens with one attached hydrogen (secondary N) is 1. The first-order valence-electron chi connectivity index (χ1n) is 6.91. The molecule has 1 fully saturated rings. The molecule has 0 spiro atoms. The summed E-state index contributed by atoms with van der Waals surface area (Å²) >= 11 is 6.05. The fourth-order valence-corrected chi connectivity index (χ4v) is 3.15. The first-order valence-corrected chi connectivity index (χ1v) is 7.29. The SMILES string of the molecule is N#C[C@@H]1N[C@@H](CF)[C@H]1c1ccc(-c2c(F)cccc2Cl)cc1. The van der Waals surface area contributed by atoms with Gasteiger partial charge in [0.05, 0.1) is 11.1 Å². The van der Waals surface area contributed by atoms with E-state index in [-0.39, 0.29) is 23.8 Å². The maximum Gasteiger partial charge on any atom is 0.132 e. The van der Waals surface area contributed by atoms with E-state index < -0.39 is 6.67 Å². The lowest BCUT2D eigenvalue weighted by Crippen LogP contribution is -2.59. The van der Waals surface area contributed by atoms with Crippen LogP contribution in [0.1, 0.15) is 11.5 Å². The van der Waals surface area contributed by atoms with Crippen LogP contribution in [0.5, 0.6) is 0 Å². The molecule has 5 heteroatoms. The predicted molar refractivity (Wildman–Crippen MR) is 81.9 cm³/mol. The van der Waals surface area contributed by atoms with Crippen LogP contribution in [0.3, 0.4) is 0 Å². The zero-order chi connectivity index (χ0) is 15.7. The van der Waals surface area contributed by atoms with E-state index in [1.165, 1.54) is 6.07 Å². The first-order chi connectivity index (χ1) is 10.7. The summed E-state index contributed by atoms with van der Waals surface area (Å²) in [6.07, 6.45) is 0. The van der Waals surface area contributed by atoms with Crippen LogP contribution in [0.2, 0.25) is 5.02 Å². The van der Waals surface area contributed by atoms with Gasteiger partial charge in [0.2, 0.25) is 0 Å².